The van der Waals surface area contributed by atoms with Crippen LogP contribution >= 0.6 is 0 Å². The standard InChI is InChI=1S/C19H23FN2O2/c1-14-4-6-15(7-5-14)18(22(2)3)12-21-19(23)13-24-17-10-8-16(20)9-11-17/h4-11,18H,12-13H2,1-3H3,(H,21,23)/t18-/m0/s1. The van der Waals surface area contributed by atoms with Crippen LogP contribution in [0.2, 0.25) is 0 Å². The molecule has 24 heavy (non-hydrogen) atoms. The second-order valence-corrected chi connectivity index (χ2v) is 5.94. The first kappa shape index (κ1) is 17.9. The van der Waals surface area contributed by atoms with Gasteiger partial charge in [-0.1, -0.05) is 29.8 Å². The van der Waals surface area contributed by atoms with Crippen LogP contribution in [0.25, 0.3) is 0 Å². The smallest absolute Gasteiger partial charge is 0.258 e. The number of ether oxygens (including phenoxy) is 1. The van der Waals surface area contributed by atoms with Gasteiger partial charge in [0.05, 0.1) is 6.04 Å². The molecule has 0 aliphatic carbocycles. The largest absolute Gasteiger partial charge is 0.484 e. The van der Waals surface area contributed by atoms with E-state index < -0.39 is 0 Å². The zero-order valence-electron chi connectivity index (χ0n) is 14.3. The number of hydrogen-bond acceptors (Lipinski definition) is 3. The van der Waals surface area contributed by atoms with Gasteiger partial charge in [-0.25, -0.2) is 4.39 Å². The van der Waals surface area contributed by atoms with E-state index in [0.717, 1.165) is 5.56 Å². The molecule has 0 aliphatic heterocycles. The summed E-state index contributed by atoms with van der Waals surface area (Å²) in [4.78, 5) is 14.0. The SMILES string of the molecule is Cc1ccc([C@H](CNC(=O)COc2ccc(F)cc2)N(C)C)cc1. The van der Waals surface area contributed by atoms with Crippen LogP contribution < -0.4 is 10.1 Å². The molecule has 0 bridgehead atoms. The van der Waals surface area contributed by atoms with Gasteiger partial charge in [0, 0.05) is 6.54 Å². The molecule has 0 fully saturated rings. The lowest BCUT2D eigenvalue weighted by molar-refractivity contribution is -0.123. The molecule has 5 heteroatoms. The van der Waals surface area contributed by atoms with Crippen molar-refractivity contribution in [2.75, 3.05) is 27.2 Å². The van der Waals surface area contributed by atoms with Crippen molar-refractivity contribution in [3.05, 3.63) is 65.5 Å². The number of halogens is 1. The molecule has 0 heterocycles. The number of carbonyl (C=O) groups excluding carboxylic acids is 1. The lowest BCUT2D eigenvalue weighted by Gasteiger charge is -2.25. The van der Waals surface area contributed by atoms with E-state index in [1.54, 1.807) is 0 Å². The van der Waals surface area contributed by atoms with Crippen LogP contribution in [0.3, 0.4) is 0 Å². The van der Waals surface area contributed by atoms with Crippen LogP contribution in [0.4, 0.5) is 4.39 Å². The number of rotatable bonds is 7. The van der Waals surface area contributed by atoms with Crippen molar-refractivity contribution < 1.29 is 13.9 Å². The van der Waals surface area contributed by atoms with Gasteiger partial charge in [-0.15, -0.1) is 0 Å². The van der Waals surface area contributed by atoms with Crippen LogP contribution in [0.15, 0.2) is 48.5 Å². The molecule has 0 saturated heterocycles. The normalized spacial score (nSPS) is 12.0. The summed E-state index contributed by atoms with van der Waals surface area (Å²) in [6.07, 6.45) is 0. The Labute approximate surface area is 142 Å². The number of benzene rings is 2. The van der Waals surface area contributed by atoms with Crippen LogP contribution in [-0.4, -0.2) is 38.1 Å². The number of amides is 1. The molecule has 0 spiro atoms. The van der Waals surface area contributed by atoms with Crippen LogP contribution in [0.5, 0.6) is 5.75 Å². The number of nitrogens with one attached hydrogen (secondary N) is 1. The highest BCUT2D eigenvalue weighted by Crippen LogP contribution is 2.18. The Morgan fingerprint density at radius 1 is 1.12 bits per heavy atom. The summed E-state index contributed by atoms with van der Waals surface area (Å²) in [6.45, 7) is 2.43. The van der Waals surface area contributed by atoms with Crippen molar-refractivity contribution in [3.8, 4) is 5.75 Å². The summed E-state index contributed by atoms with van der Waals surface area (Å²) in [5.74, 6) is -0.0775. The van der Waals surface area contributed by atoms with Gasteiger partial charge in [0.2, 0.25) is 0 Å². The highest BCUT2D eigenvalue weighted by Gasteiger charge is 2.15. The fourth-order valence-electron chi connectivity index (χ4n) is 2.33. The third-order valence-corrected chi connectivity index (χ3v) is 3.76. The molecule has 0 aromatic heterocycles. The van der Waals surface area contributed by atoms with Crippen LogP contribution in [0, 0.1) is 12.7 Å². The Morgan fingerprint density at radius 2 is 1.75 bits per heavy atom. The zero-order chi connectivity index (χ0) is 17.5. The van der Waals surface area contributed by atoms with Crippen molar-refractivity contribution in [1.29, 1.82) is 0 Å². The molecule has 2 aromatic carbocycles. The lowest BCUT2D eigenvalue weighted by atomic mass is 10.0. The highest BCUT2D eigenvalue weighted by molar-refractivity contribution is 5.77. The quantitative estimate of drug-likeness (QED) is 0.849. The van der Waals surface area contributed by atoms with Gasteiger partial charge in [0.15, 0.2) is 6.61 Å². The Hall–Kier alpha value is -2.40. The predicted octanol–water partition coefficient (Wildman–Crippen LogP) is 2.93. The average molecular weight is 330 g/mol. The minimum atomic E-state index is -0.335. The van der Waals surface area contributed by atoms with E-state index in [4.69, 9.17) is 4.74 Å². The molecule has 1 N–H and O–H groups in total. The molecule has 2 aromatic rings. The number of aryl methyl sites for hydroxylation is 1. The topological polar surface area (TPSA) is 41.6 Å². The first-order chi connectivity index (χ1) is 11.5. The zero-order valence-corrected chi connectivity index (χ0v) is 14.3. The summed E-state index contributed by atoms with van der Waals surface area (Å²) in [5, 5.41) is 2.88. The molecule has 0 radical (unpaired) electrons. The minimum absolute atomic E-state index is 0.0837. The summed E-state index contributed by atoms with van der Waals surface area (Å²) in [7, 11) is 3.96. The fraction of sp³-hybridized carbons (Fsp3) is 0.316. The fourth-order valence-corrected chi connectivity index (χ4v) is 2.33. The molecule has 1 atom stereocenters. The number of likely N-dealkylation sites (N-methyl/N-ethyl adjacent to an activating group) is 1. The molecular weight excluding hydrogens is 307 g/mol. The first-order valence-corrected chi connectivity index (χ1v) is 7.84. The minimum Gasteiger partial charge on any atom is -0.484 e. The maximum atomic E-state index is 12.8. The third kappa shape index (κ3) is 5.35. The van der Waals surface area contributed by atoms with Gasteiger partial charge in [0.25, 0.3) is 5.91 Å². The van der Waals surface area contributed by atoms with Crippen LogP contribution in [-0.2, 0) is 4.79 Å². The molecule has 0 unspecified atom stereocenters. The van der Waals surface area contributed by atoms with Crippen molar-refractivity contribution in [2.24, 2.45) is 0 Å². The number of nitrogens with zero attached hydrogens (tertiary/aromatic N) is 1. The Morgan fingerprint density at radius 3 is 2.33 bits per heavy atom. The van der Waals surface area contributed by atoms with E-state index in [1.165, 1.54) is 29.8 Å². The van der Waals surface area contributed by atoms with E-state index in [2.05, 4.69) is 34.5 Å². The van der Waals surface area contributed by atoms with E-state index in [1.807, 2.05) is 21.0 Å². The Bertz CT molecular complexity index is 654. The third-order valence-electron chi connectivity index (χ3n) is 3.76. The Kier molecular flexibility index (Phi) is 6.32. The van der Waals surface area contributed by atoms with Gasteiger partial charge >= 0.3 is 0 Å². The van der Waals surface area contributed by atoms with E-state index in [0.29, 0.717) is 12.3 Å². The van der Waals surface area contributed by atoms with Crippen LogP contribution in [0.1, 0.15) is 17.2 Å². The molecule has 2 rings (SSSR count). The molecule has 1 amide bonds. The van der Waals surface area contributed by atoms with Crippen molar-refractivity contribution >= 4 is 5.91 Å². The second kappa shape index (κ2) is 8.45. The Balaban J connectivity index is 1.86. The van der Waals surface area contributed by atoms with E-state index >= 15 is 0 Å². The summed E-state index contributed by atoms with van der Waals surface area (Å²) in [6, 6.07) is 13.9. The van der Waals surface area contributed by atoms with Crippen molar-refractivity contribution in [3.63, 3.8) is 0 Å². The van der Waals surface area contributed by atoms with Gasteiger partial charge in [0.1, 0.15) is 11.6 Å². The summed E-state index contributed by atoms with van der Waals surface area (Å²) >= 11 is 0. The summed E-state index contributed by atoms with van der Waals surface area (Å²) in [5.41, 5.74) is 2.35. The predicted molar refractivity (Wildman–Crippen MR) is 92.5 cm³/mol. The lowest BCUT2D eigenvalue weighted by Crippen LogP contribution is -2.36. The molecular formula is C19H23FN2O2. The van der Waals surface area contributed by atoms with E-state index in [9.17, 15) is 9.18 Å². The van der Waals surface area contributed by atoms with Gasteiger partial charge in [-0.05, 0) is 50.8 Å². The van der Waals surface area contributed by atoms with E-state index in [-0.39, 0.29) is 24.4 Å². The first-order valence-electron chi connectivity index (χ1n) is 7.84. The molecule has 4 nitrogen and oxygen atoms in total. The average Bonchev–Trinajstić information content (AvgIpc) is 2.56. The monoisotopic (exact) mass is 330 g/mol. The number of carbonyl (C=O) groups is 1. The number of hydrogen-bond donors (Lipinski definition) is 1. The highest BCUT2D eigenvalue weighted by atomic mass is 19.1. The summed E-state index contributed by atoms with van der Waals surface area (Å²) < 4.78 is 18.2. The van der Waals surface area contributed by atoms with Gasteiger partial charge in [-0.3, -0.25) is 4.79 Å². The molecule has 128 valence electrons. The maximum Gasteiger partial charge on any atom is 0.258 e. The second-order valence-electron chi connectivity index (χ2n) is 5.94. The maximum absolute atomic E-state index is 12.8. The van der Waals surface area contributed by atoms with Crippen molar-refractivity contribution in [1.82, 2.24) is 10.2 Å². The molecule has 0 saturated carbocycles. The van der Waals surface area contributed by atoms with Gasteiger partial charge < -0.3 is 15.0 Å². The van der Waals surface area contributed by atoms with Crippen molar-refractivity contribution in [2.45, 2.75) is 13.0 Å². The van der Waals surface area contributed by atoms with Gasteiger partial charge in [-0.2, -0.15) is 0 Å². The molecule has 0 aliphatic rings.